The second-order valence-corrected chi connectivity index (χ2v) is 12.8. The number of carbonyl (C=O) groups excluding carboxylic acids is 1. The number of hydrogen-bond donors (Lipinski definition) is 2. The summed E-state index contributed by atoms with van der Waals surface area (Å²) in [5.74, 6) is 1.03. The first-order chi connectivity index (χ1) is 25.6. The van der Waals surface area contributed by atoms with Crippen molar-refractivity contribution in [2.75, 3.05) is 49.1 Å². The quantitative estimate of drug-likeness (QED) is 0.218. The number of carbonyl (C=O) groups is 1. The van der Waals surface area contributed by atoms with E-state index in [9.17, 15) is 4.79 Å². The summed E-state index contributed by atoms with van der Waals surface area (Å²) < 4.78 is 0. The van der Waals surface area contributed by atoms with E-state index in [0.717, 1.165) is 35.6 Å². The van der Waals surface area contributed by atoms with Crippen molar-refractivity contribution in [3.05, 3.63) is 132 Å². The third kappa shape index (κ3) is 6.24. The van der Waals surface area contributed by atoms with Gasteiger partial charge in [-0.25, -0.2) is 19.9 Å². The van der Waals surface area contributed by atoms with Gasteiger partial charge in [-0.05, 0) is 26.0 Å². The predicted octanol–water partition coefficient (Wildman–Crippen LogP) is 4.33. The molecule has 52 heavy (non-hydrogen) atoms. The molecular weight excluding hydrogens is 653 g/mol. The molecule has 6 heterocycles. The smallest absolute Gasteiger partial charge is 0.234 e. The molecule has 2 aromatic carbocycles. The van der Waals surface area contributed by atoms with Crippen LogP contribution < -0.4 is 20.4 Å². The molecule has 0 bridgehead atoms. The molecule has 0 saturated carbocycles. The Balaban J connectivity index is 1.28. The van der Waals surface area contributed by atoms with Crippen LogP contribution in [0.3, 0.4) is 0 Å². The van der Waals surface area contributed by atoms with E-state index in [-0.39, 0.29) is 29.3 Å². The van der Waals surface area contributed by atoms with E-state index in [1.807, 2.05) is 86.6 Å². The number of nitrogens with one attached hydrogen (secondary N) is 2. The third-order valence-electron chi connectivity index (χ3n) is 9.72. The molecule has 2 unspecified atom stereocenters. The van der Waals surface area contributed by atoms with Crippen LogP contribution in [0.5, 0.6) is 0 Å². The average Bonchev–Trinajstić information content (AvgIpc) is 3.21. The van der Waals surface area contributed by atoms with Crippen LogP contribution in [0, 0.1) is 13.8 Å². The highest BCUT2D eigenvalue weighted by Crippen LogP contribution is 2.40. The maximum atomic E-state index is 14.8. The topological polar surface area (TPSA) is 151 Å². The lowest BCUT2D eigenvalue weighted by Gasteiger charge is -2.39. The van der Waals surface area contributed by atoms with Crippen molar-refractivity contribution in [3.8, 4) is 22.5 Å². The first-order valence-corrected chi connectivity index (χ1v) is 17.5. The van der Waals surface area contributed by atoms with Gasteiger partial charge in [0.1, 0.15) is 34.9 Å². The summed E-state index contributed by atoms with van der Waals surface area (Å²) in [4.78, 5) is 37.8. The summed E-state index contributed by atoms with van der Waals surface area (Å²) in [5, 5.41) is 25.8. The molecule has 0 spiro atoms. The van der Waals surface area contributed by atoms with Gasteiger partial charge in [-0.2, -0.15) is 0 Å². The van der Waals surface area contributed by atoms with Crippen molar-refractivity contribution < 1.29 is 4.79 Å². The maximum absolute atomic E-state index is 14.8. The Kier molecular flexibility index (Phi) is 9.34. The fourth-order valence-corrected chi connectivity index (χ4v) is 7.22. The predicted molar refractivity (Wildman–Crippen MR) is 198 cm³/mol. The van der Waals surface area contributed by atoms with Gasteiger partial charge in [0, 0.05) is 86.3 Å². The molecule has 0 amide bonds. The summed E-state index contributed by atoms with van der Waals surface area (Å²) in [6.45, 7) is 7.95. The van der Waals surface area contributed by atoms with Gasteiger partial charge in [0.25, 0.3) is 0 Å². The Morgan fingerprint density at radius 2 is 0.981 bits per heavy atom. The molecule has 6 aromatic rings. The van der Waals surface area contributed by atoms with Crippen molar-refractivity contribution in [2.24, 2.45) is 0 Å². The Bertz CT molecular complexity index is 2020. The molecule has 2 atom stereocenters. The minimum Gasteiger partial charge on any atom is -0.357 e. The molecule has 2 aliphatic heterocycles. The molecule has 4 aromatic heterocycles. The molecule has 0 aliphatic carbocycles. The van der Waals surface area contributed by atoms with Gasteiger partial charge >= 0.3 is 0 Å². The minimum absolute atomic E-state index is 0.189. The number of aromatic nitrogens is 8. The van der Waals surface area contributed by atoms with E-state index in [0.29, 0.717) is 60.3 Å². The molecular formula is C39H38N12O. The van der Waals surface area contributed by atoms with Crippen LogP contribution in [0.25, 0.3) is 22.5 Å². The standard InChI is InChI=1S/C39H38N12O/c1-25-31(46-48-33(27-11-5-3-6-12-27)35(25)50-21-19-40-23-29(50)38-42-15-9-16-43-38)37(52)32-26(2)36(34(49-47-32)28-13-7-4-8-14-28)51-22-20-41-24-30(51)39-44-17-10-18-45-39/h3-18,29-30,40-41H,19-24H2,1-2H3. The fraction of sp³-hybridized carbons (Fsp3) is 0.256. The molecule has 13 nitrogen and oxygen atoms in total. The van der Waals surface area contributed by atoms with Crippen LogP contribution in [0.1, 0.15) is 51.0 Å². The van der Waals surface area contributed by atoms with Gasteiger partial charge in [0.05, 0.1) is 11.4 Å². The second kappa shape index (κ2) is 14.7. The molecule has 13 heteroatoms. The number of piperazine rings is 2. The lowest BCUT2D eigenvalue weighted by Crippen LogP contribution is -2.47. The first-order valence-electron chi connectivity index (χ1n) is 17.5. The van der Waals surface area contributed by atoms with Crippen molar-refractivity contribution in [1.29, 1.82) is 0 Å². The van der Waals surface area contributed by atoms with E-state index < -0.39 is 0 Å². The monoisotopic (exact) mass is 690 g/mol. The summed E-state index contributed by atoms with van der Waals surface area (Å²) in [5.41, 5.74) is 6.66. The van der Waals surface area contributed by atoms with Gasteiger partial charge in [0.15, 0.2) is 11.6 Å². The Morgan fingerprint density at radius 3 is 1.38 bits per heavy atom. The first kappa shape index (κ1) is 33.1. The summed E-state index contributed by atoms with van der Waals surface area (Å²) in [6.07, 6.45) is 7.02. The summed E-state index contributed by atoms with van der Waals surface area (Å²) in [7, 11) is 0. The molecule has 2 fully saturated rings. The van der Waals surface area contributed by atoms with Crippen LogP contribution in [-0.2, 0) is 0 Å². The van der Waals surface area contributed by atoms with Crippen LogP contribution in [0.2, 0.25) is 0 Å². The van der Waals surface area contributed by atoms with Gasteiger partial charge < -0.3 is 20.4 Å². The summed E-state index contributed by atoms with van der Waals surface area (Å²) in [6, 6.07) is 23.1. The van der Waals surface area contributed by atoms with Crippen LogP contribution in [0.4, 0.5) is 11.4 Å². The molecule has 260 valence electrons. The molecule has 2 N–H and O–H groups in total. The highest BCUT2D eigenvalue weighted by Gasteiger charge is 2.35. The lowest BCUT2D eigenvalue weighted by atomic mass is 9.97. The van der Waals surface area contributed by atoms with E-state index in [1.165, 1.54) is 0 Å². The van der Waals surface area contributed by atoms with Crippen molar-refractivity contribution in [2.45, 2.75) is 25.9 Å². The molecule has 8 rings (SSSR count). The number of benzene rings is 2. The third-order valence-corrected chi connectivity index (χ3v) is 9.72. The minimum atomic E-state index is -0.345. The fourth-order valence-electron chi connectivity index (χ4n) is 7.22. The number of anilines is 2. The van der Waals surface area contributed by atoms with Gasteiger partial charge in [-0.1, -0.05) is 60.7 Å². The van der Waals surface area contributed by atoms with E-state index in [2.05, 4.69) is 50.6 Å². The van der Waals surface area contributed by atoms with Crippen molar-refractivity contribution >= 4 is 17.2 Å². The number of ketones is 1. The van der Waals surface area contributed by atoms with Crippen LogP contribution in [0.15, 0.2) is 97.6 Å². The second-order valence-electron chi connectivity index (χ2n) is 12.8. The van der Waals surface area contributed by atoms with Gasteiger partial charge in [-0.15, -0.1) is 20.4 Å². The summed E-state index contributed by atoms with van der Waals surface area (Å²) >= 11 is 0. The van der Waals surface area contributed by atoms with Gasteiger partial charge in [-0.3, -0.25) is 4.79 Å². The molecule has 2 aliphatic rings. The number of rotatable bonds is 8. The lowest BCUT2D eigenvalue weighted by molar-refractivity contribution is 0.102. The zero-order valence-corrected chi connectivity index (χ0v) is 29.0. The average molecular weight is 691 g/mol. The largest absolute Gasteiger partial charge is 0.357 e. The number of nitrogens with zero attached hydrogens (tertiary/aromatic N) is 10. The van der Waals surface area contributed by atoms with E-state index in [1.54, 1.807) is 24.8 Å². The normalized spacial score (nSPS) is 17.6. The van der Waals surface area contributed by atoms with E-state index in [4.69, 9.17) is 10.2 Å². The van der Waals surface area contributed by atoms with Gasteiger partial charge in [0.2, 0.25) is 5.78 Å². The Labute approximate surface area is 301 Å². The molecule has 0 radical (unpaired) electrons. The molecule has 2 saturated heterocycles. The Hall–Kier alpha value is -6.05. The van der Waals surface area contributed by atoms with Crippen LogP contribution >= 0.6 is 0 Å². The maximum Gasteiger partial charge on any atom is 0.234 e. The zero-order chi connectivity index (χ0) is 35.4. The highest BCUT2D eigenvalue weighted by atomic mass is 16.1. The van der Waals surface area contributed by atoms with Crippen molar-refractivity contribution in [1.82, 2.24) is 51.0 Å². The number of hydrogen-bond acceptors (Lipinski definition) is 13. The zero-order valence-electron chi connectivity index (χ0n) is 29.0. The SMILES string of the molecule is Cc1c(C(=O)c2nnc(-c3ccccc3)c(N3CCNCC3c3ncccn3)c2C)nnc(-c2ccccc2)c1N1CCNCC1c1ncccn1. The van der Waals surface area contributed by atoms with Crippen molar-refractivity contribution in [3.63, 3.8) is 0 Å². The van der Waals surface area contributed by atoms with Crippen LogP contribution in [-0.4, -0.2) is 85.4 Å². The van der Waals surface area contributed by atoms with E-state index >= 15 is 0 Å². The Morgan fingerprint density at radius 1 is 0.577 bits per heavy atom. The highest BCUT2D eigenvalue weighted by molar-refractivity contribution is 6.10.